The third-order valence-corrected chi connectivity index (χ3v) is 4.45. The lowest BCUT2D eigenvalue weighted by Crippen LogP contribution is -2.40. The summed E-state index contributed by atoms with van der Waals surface area (Å²) in [4.78, 5) is 18.6. The van der Waals surface area contributed by atoms with Gasteiger partial charge in [-0.2, -0.15) is 0 Å². The summed E-state index contributed by atoms with van der Waals surface area (Å²) in [6, 6.07) is 3.92. The van der Waals surface area contributed by atoms with E-state index >= 15 is 0 Å². The number of amides is 1. The normalized spacial score (nSPS) is 18.8. The molecule has 0 atom stereocenters. The SMILES string of the molecule is CN(C(=O)c1ccnc(CN)c1)C1CCC(C)(C)CC1. The molecule has 1 aliphatic carbocycles. The standard InChI is InChI=1S/C16H25N3O/c1-16(2)7-4-14(5-8-16)19(3)15(20)12-6-9-18-13(10-12)11-17/h6,9-10,14H,4-5,7-8,11,17H2,1-3H3. The number of hydrogen-bond acceptors (Lipinski definition) is 3. The highest BCUT2D eigenvalue weighted by atomic mass is 16.2. The van der Waals surface area contributed by atoms with Gasteiger partial charge in [-0.3, -0.25) is 9.78 Å². The van der Waals surface area contributed by atoms with Crippen molar-refractivity contribution in [3.63, 3.8) is 0 Å². The first kappa shape index (κ1) is 15.0. The number of nitrogens with two attached hydrogens (primary N) is 1. The Kier molecular flexibility index (Phi) is 4.43. The van der Waals surface area contributed by atoms with E-state index in [1.54, 1.807) is 18.3 Å². The van der Waals surface area contributed by atoms with Crippen LogP contribution in [0.1, 0.15) is 55.6 Å². The minimum atomic E-state index is 0.0757. The molecule has 0 aromatic carbocycles. The van der Waals surface area contributed by atoms with Gasteiger partial charge in [-0.05, 0) is 43.2 Å². The van der Waals surface area contributed by atoms with Crippen molar-refractivity contribution < 1.29 is 4.79 Å². The molecule has 0 bridgehead atoms. The zero-order valence-corrected chi connectivity index (χ0v) is 12.7. The van der Waals surface area contributed by atoms with Gasteiger partial charge in [0.25, 0.3) is 5.91 Å². The molecule has 110 valence electrons. The van der Waals surface area contributed by atoms with Crippen LogP contribution in [-0.4, -0.2) is 28.9 Å². The van der Waals surface area contributed by atoms with Crippen LogP contribution >= 0.6 is 0 Å². The van der Waals surface area contributed by atoms with Crippen molar-refractivity contribution in [1.29, 1.82) is 0 Å². The molecule has 0 radical (unpaired) electrons. The third kappa shape index (κ3) is 3.37. The minimum Gasteiger partial charge on any atom is -0.339 e. The molecule has 1 heterocycles. The number of carbonyl (C=O) groups excluding carboxylic acids is 1. The van der Waals surface area contributed by atoms with E-state index < -0.39 is 0 Å². The molecule has 0 spiro atoms. The van der Waals surface area contributed by atoms with Gasteiger partial charge in [-0.1, -0.05) is 13.8 Å². The van der Waals surface area contributed by atoms with Crippen LogP contribution in [0.3, 0.4) is 0 Å². The Bertz CT molecular complexity index is 474. The molecule has 0 unspecified atom stereocenters. The second-order valence-electron chi connectivity index (χ2n) is 6.55. The lowest BCUT2D eigenvalue weighted by Gasteiger charge is -2.38. The molecular weight excluding hydrogens is 250 g/mol. The van der Waals surface area contributed by atoms with E-state index in [4.69, 9.17) is 5.73 Å². The molecule has 2 N–H and O–H groups in total. The van der Waals surface area contributed by atoms with E-state index in [1.807, 2.05) is 11.9 Å². The van der Waals surface area contributed by atoms with E-state index in [9.17, 15) is 4.79 Å². The summed E-state index contributed by atoms with van der Waals surface area (Å²) < 4.78 is 0. The van der Waals surface area contributed by atoms with Crippen molar-refractivity contribution in [2.24, 2.45) is 11.1 Å². The second-order valence-corrected chi connectivity index (χ2v) is 6.55. The van der Waals surface area contributed by atoms with E-state index in [-0.39, 0.29) is 5.91 Å². The summed E-state index contributed by atoms with van der Waals surface area (Å²) >= 11 is 0. The summed E-state index contributed by atoms with van der Waals surface area (Å²) in [5.74, 6) is 0.0757. The highest BCUT2D eigenvalue weighted by Crippen LogP contribution is 2.36. The number of nitrogens with zero attached hydrogens (tertiary/aromatic N) is 2. The van der Waals surface area contributed by atoms with Gasteiger partial charge in [0, 0.05) is 31.4 Å². The molecular formula is C16H25N3O. The van der Waals surface area contributed by atoms with Crippen molar-refractivity contribution in [1.82, 2.24) is 9.88 Å². The van der Waals surface area contributed by atoms with Crippen LogP contribution in [0.25, 0.3) is 0 Å². The van der Waals surface area contributed by atoms with Gasteiger partial charge in [-0.15, -0.1) is 0 Å². The van der Waals surface area contributed by atoms with Gasteiger partial charge in [0.1, 0.15) is 0 Å². The lowest BCUT2D eigenvalue weighted by atomic mass is 9.75. The highest BCUT2D eigenvalue weighted by Gasteiger charge is 2.30. The Morgan fingerprint density at radius 3 is 2.70 bits per heavy atom. The molecule has 0 saturated heterocycles. The topological polar surface area (TPSA) is 59.2 Å². The smallest absolute Gasteiger partial charge is 0.253 e. The number of hydrogen-bond donors (Lipinski definition) is 1. The fraction of sp³-hybridized carbons (Fsp3) is 0.625. The first-order chi connectivity index (χ1) is 9.43. The summed E-state index contributed by atoms with van der Waals surface area (Å²) in [7, 11) is 1.91. The zero-order chi connectivity index (χ0) is 14.8. The maximum atomic E-state index is 12.5. The highest BCUT2D eigenvalue weighted by molar-refractivity contribution is 5.94. The Morgan fingerprint density at radius 2 is 2.10 bits per heavy atom. The quantitative estimate of drug-likeness (QED) is 0.922. The summed E-state index contributed by atoms with van der Waals surface area (Å²) in [6.07, 6.45) is 6.20. The molecule has 1 fully saturated rings. The molecule has 1 aromatic rings. The predicted molar refractivity (Wildman–Crippen MR) is 80.3 cm³/mol. The van der Waals surface area contributed by atoms with E-state index in [0.717, 1.165) is 18.5 Å². The van der Waals surface area contributed by atoms with Crippen molar-refractivity contribution >= 4 is 5.91 Å². The Labute approximate surface area is 121 Å². The maximum absolute atomic E-state index is 12.5. The van der Waals surface area contributed by atoms with E-state index in [0.29, 0.717) is 23.6 Å². The van der Waals surface area contributed by atoms with Gasteiger partial charge < -0.3 is 10.6 Å². The summed E-state index contributed by atoms with van der Waals surface area (Å²) in [5, 5.41) is 0. The minimum absolute atomic E-state index is 0.0757. The Balaban J connectivity index is 2.05. The third-order valence-electron chi connectivity index (χ3n) is 4.45. The average molecular weight is 275 g/mol. The van der Waals surface area contributed by atoms with Crippen LogP contribution in [0.15, 0.2) is 18.3 Å². The fourth-order valence-electron chi connectivity index (χ4n) is 2.86. The first-order valence-electron chi connectivity index (χ1n) is 7.35. The molecule has 4 heteroatoms. The van der Waals surface area contributed by atoms with Gasteiger partial charge in [-0.25, -0.2) is 0 Å². The molecule has 1 aliphatic rings. The van der Waals surface area contributed by atoms with Gasteiger partial charge >= 0.3 is 0 Å². The van der Waals surface area contributed by atoms with Gasteiger partial charge in [0.05, 0.1) is 5.69 Å². The Morgan fingerprint density at radius 1 is 1.45 bits per heavy atom. The number of pyridine rings is 1. The average Bonchev–Trinajstić information content (AvgIpc) is 2.46. The number of aromatic nitrogens is 1. The van der Waals surface area contributed by atoms with Crippen molar-refractivity contribution in [3.8, 4) is 0 Å². The van der Waals surface area contributed by atoms with Gasteiger partial charge in [0.2, 0.25) is 0 Å². The molecule has 0 aliphatic heterocycles. The number of carbonyl (C=O) groups is 1. The van der Waals surface area contributed by atoms with Crippen LogP contribution in [0.5, 0.6) is 0 Å². The van der Waals surface area contributed by atoms with Crippen LogP contribution in [-0.2, 0) is 6.54 Å². The fourth-order valence-corrected chi connectivity index (χ4v) is 2.86. The van der Waals surface area contributed by atoms with Gasteiger partial charge in [0.15, 0.2) is 0 Å². The van der Waals surface area contributed by atoms with E-state index in [1.165, 1.54) is 12.8 Å². The largest absolute Gasteiger partial charge is 0.339 e. The van der Waals surface area contributed by atoms with E-state index in [2.05, 4.69) is 18.8 Å². The molecule has 2 rings (SSSR count). The molecule has 4 nitrogen and oxygen atoms in total. The van der Waals surface area contributed by atoms with Crippen molar-refractivity contribution in [2.75, 3.05) is 7.05 Å². The lowest BCUT2D eigenvalue weighted by molar-refractivity contribution is 0.0635. The maximum Gasteiger partial charge on any atom is 0.253 e. The van der Waals surface area contributed by atoms with Crippen LogP contribution in [0.4, 0.5) is 0 Å². The molecule has 1 amide bonds. The molecule has 1 saturated carbocycles. The van der Waals surface area contributed by atoms with Crippen molar-refractivity contribution in [3.05, 3.63) is 29.6 Å². The molecule has 20 heavy (non-hydrogen) atoms. The number of rotatable bonds is 3. The van der Waals surface area contributed by atoms with Crippen molar-refractivity contribution in [2.45, 2.75) is 52.1 Å². The molecule has 1 aromatic heterocycles. The summed E-state index contributed by atoms with van der Waals surface area (Å²) in [6.45, 7) is 4.98. The Hall–Kier alpha value is -1.42. The first-order valence-corrected chi connectivity index (χ1v) is 7.35. The summed E-state index contributed by atoms with van der Waals surface area (Å²) in [5.41, 5.74) is 7.45. The predicted octanol–water partition coefficient (Wildman–Crippen LogP) is 2.58. The second kappa shape index (κ2) is 5.92. The van der Waals surface area contributed by atoms with Crippen LogP contribution < -0.4 is 5.73 Å². The monoisotopic (exact) mass is 275 g/mol. The zero-order valence-electron chi connectivity index (χ0n) is 12.7. The van der Waals surface area contributed by atoms with Crippen LogP contribution in [0.2, 0.25) is 0 Å². The van der Waals surface area contributed by atoms with Crippen LogP contribution in [0, 0.1) is 5.41 Å².